The van der Waals surface area contributed by atoms with Gasteiger partial charge >= 0.3 is 10.1 Å². The van der Waals surface area contributed by atoms with E-state index in [1.807, 2.05) is 12.1 Å². The molecule has 14 heteroatoms. The lowest BCUT2D eigenvalue weighted by atomic mass is 10.2. The van der Waals surface area contributed by atoms with Crippen molar-refractivity contribution in [3.63, 3.8) is 0 Å². The molecular formula is C23H15Br2N3O7S2. The SMILES string of the molecule is COc1cc(/C=C2\SC(=Nc3ccc(Br)cc3)NC2=O)cc(Br)c1OS(=O)(=O)c1cccc([N+](=O)[O-])c1. The highest BCUT2D eigenvalue weighted by molar-refractivity contribution is 9.10. The van der Waals surface area contributed by atoms with Crippen molar-refractivity contribution in [2.24, 2.45) is 4.99 Å². The number of methoxy groups -OCH3 is 1. The van der Waals surface area contributed by atoms with Crippen LogP contribution >= 0.6 is 43.6 Å². The number of aliphatic imine (C=N–C) groups is 1. The van der Waals surface area contributed by atoms with Gasteiger partial charge < -0.3 is 14.2 Å². The molecule has 1 fully saturated rings. The zero-order chi connectivity index (χ0) is 26.7. The number of nitro groups is 1. The Morgan fingerprint density at radius 3 is 2.51 bits per heavy atom. The summed E-state index contributed by atoms with van der Waals surface area (Å²) in [6.45, 7) is 0. The molecule has 1 saturated heterocycles. The maximum Gasteiger partial charge on any atom is 0.339 e. The van der Waals surface area contributed by atoms with E-state index in [0.717, 1.165) is 22.3 Å². The molecule has 0 atom stereocenters. The molecule has 0 bridgehead atoms. The summed E-state index contributed by atoms with van der Waals surface area (Å²) in [5.41, 5.74) is 0.794. The minimum absolute atomic E-state index is 0.0578. The Kier molecular flexibility index (Phi) is 8.02. The number of nitrogens with zero attached hydrogens (tertiary/aromatic N) is 2. The topological polar surface area (TPSA) is 137 Å². The van der Waals surface area contributed by atoms with E-state index in [-0.39, 0.29) is 21.9 Å². The number of benzene rings is 3. The molecule has 1 aliphatic heterocycles. The number of nitrogens with one attached hydrogen (secondary N) is 1. The van der Waals surface area contributed by atoms with Crippen LogP contribution in [0.25, 0.3) is 6.08 Å². The van der Waals surface area contributed by atoms with E-state index in [2.05, 4.69) is 42.2 Å². The van der Waals surface area contributed by atoms with Gasteiger partial charge in [0, 0.05) is 16.6 Å². The summed E-state index contributed by atoms with van der Waals surface area (Å²) in [5, 5.41) is 14.1. The first kappa shape index (κ1) is 26.9. The van der Waals surface area contributed by atoms with E-state index < -0.39 is 25.6 Å². The third-order valence-corrected chi connectivity index (χ3v) is 8.01. The van der Waals surface area contributed by atoms with Crippen LogP contribution < -0.4 is 14.2 Å². The van der Waals surface area contributed by atoms with E-state index in [1.165, 1.54) is 31.4 Å². The van der Waals surface area contributed by atoms with Crippen LogP contribution in [-0.4, -0.2) is 31.5 Å². The van der Waals surface area contributed by atoms with E-state index in [1.54, 1.807) is 24.3 Å². The van der Waals surface area contributed by atoms with Crippen LogP contribution in [0.15, 0.2) is 84.4 Å². The molecule has 4 rings (SSSR count). The number of non-ortho nitro benzene ring substituents is 1. The monoisotopic (exact) mass is 667 g/mol. The molecule has 1 heterocycles. The average Bonchev–Trinajstić information content (AvgIpc) is 3.20. The van der Waals surface area contributed by atoms with Crippen molar-refractivity contribution >= 4 is 82.3 Å². The van der Waals surface area contributed by atoms with Gasteiger partial charge in [-0.05, 0) is 81.8 Å². The Hall–Kier alpha value is -3.20. The smallest absolute Gasteiger partial charge is 0.339 e. The number of carbonyl (C=O) groups is 1. The van der Waals surface area contributed by atoms with Gasteiger partial charge in [-0.3, -0.25) is 14.9 Å². The van der Waals surface area contributed by atoms with Crippen LogP contribution in [0.4, 0.5) is 11.4 Å². The summed E-state index contributed by atoms with van der Waals surface area (Å²) in [7, 11) is -3.10. The molecule has 0 unspecified atom stereocenters. The van der Waals surface area contributed by atoms with Crippen molar-refractivity contribution in [3.8, 4) is 11.5 Å². The molecule has 0 radical (unpaired) electrons. The highest BCUT2D eigenvalue weighted by Crippen LogP contribution is 2.40. The van der Waals surface area contributed by atoms with Crippen LogP contribution in [0, 0.1) is 10.1 Å². The third kappa shape index (κ3) is 6.39. The summed E-state index contributed by atoms with van der Waals surface area (Å²) >= 11 is 7.79. The summed E-state index contributed by atoms with van der Waals surface area (Å²) < 4.78 is 37.3. The molecule has 0 saturated carbocycles. The Morgan fingerprint density at radius 2 is 1.84 bits per heavy atom. The van der Waals surface area contributed by atoms with Crippen molar-refractivity contribution in [2.75, 3.05) is 7.11 Å². The molecule has 37 heavy (non-hydrogen) atoms. The van der Waals surface area contributed by atoms with Crippen LogP contribution in [0.1, 0.15) is 5.56 Å². The number of ether oxygens (including phenoxy) is 1. The fourth-order valence-corrected chi connectivity index (χ4v) is 5.83. The van der Waals surface area contributed by atoms with Crippen molar-refractivity contribution in [1.29, 1.82) is 0 Å². The quantitative estimate of drug-likeness (QED) is 0.145. The average molecular weight is 669 g/mol. The number of halogens is 2. The number of nitro benzene ring substituents is 1. The van der Waals surface area contributed by atoms with Gasteiger partial charge in [0.05, 0.1) is 27.1 Å². The lowest BCUT2D eigenvalue weighted by Crippen LogP contribution is -2.19. The zero-order valence-corrected chi connectivity index (χ0v) is 23.5. The van der Waals surface area contributed by atoms with E-state index in [9.17, 15) is 23.3 Å². The largest absolute Gasteiger partial charge is 0.493 e. The van der Waals surface area contributed by atoms with Crippen molar-refractivity contribution in [2.45, 2.75) is 4.90 Å². The highest BCUT2D eigenvalue weighted by Gasteiger charge is 2.26. The Morgan fingerprint density at radius 1 is 1.11 bits per heavy atom. The summed E-state index contributed by atoms with van der Waals surface area (Å²) in [4.78, 5) is 27.2. The lowest BCUT2D eigenvalue weighted by molar-refractivity contribution is -0.385. The third-order valence-electron chi connectivity index (χ3n) is 4.77. The Bertz CT molecular complexity index is 1570. The first-order valence-corrected chi connectivity index (χ1v) is 14.0. The van der Waals surface area contributed by atoms with E-state index >= 15 is 0 Å². The second-order valence-corrected chi connectivity index (χ2v) is 11.6. The van der Waals surface area contributed by atoms with Gasteiger partial charge in [-0.25, -0.2) is 4.99 Å². The van der Waals surface area contributed by atoms with Crippen LogP contribution in [0.2, 0.25) is 0 Å². The van der Waals surface area contributed by atoms with Crippen LogP contribution in [-0.2, 0) is 14.9 Å². The number of carbonyl (C=O) groups excluding carboxylic acids is 1. The normalized spacial score (nSPS) is 15.6. The first-order chi connectivity index (χ1) is 17.6. The molecule has 190 valence electrons. The van der Waals surface area contributed by atoms with Gasteiger partial charge in [-0.15, -0.1) is 0 Å². The number of hydrogen-bond acceptors (Lipinski definition) is 9. The van der Waals surface area contributed by atoms with Crippen molar-refractivity contribution in [3.05, 3.63) is 90.2 Å². The molecule has 3 aromatic carbocycles. The number of rotatable bonds is 7. The van der Waals surface area contributed by atoms with Gasteiger partial charge in [0.25, 0.3) is 11.6 Å². The minimum atomic E-state index is -4.42. The van der Waals surface area contributed by atoms with E-state index in [4.69, 9.17) is 8.92 Å². The molecule has 3 aromatic rings. The number of amides is 1. The van der Waals surface area contributed by atoms with Gasteiger partial charge in [-0.1, -0.05) is 22.0 Å². The molecule has 0 aromatic heterocycles. The molecule has 0 spiro atoms. The van der Waals surface area contributed by atoms with Gasteiger partial charge in [0.2, 0.25) is 0 Å². The molecule has 1 N–H and O–H groups in total. The minimum Gasteiger partial charge on any atom is -0.493 e. The summed E-state index contributed by atoms with van der Waals surface area (Å²) in [6, 6.07) is 14.8. The Balaban J connectivity index is 1.61. The van der Waals surface area contributed by atoms with Gasteiger partial charge in [-0.2, -0.15) is 8.42 Å². The molecular weight excluding hydrogens is 654 g/mol. The standard InChI is InChI=1S/C23H15Br2N3O7S2/c1-34-19-10-13(11-20-22(29)27-23(36-20)26-15-7-5-14(24)6-8-15)9-18(25)21(19)35-37(32,33)17-4-2-3-16(12-17)28(30)31/h2-12H,1H3,(H,26,27,29)/b20-11-. The van der Waals surface area contributed by atoms with Crippen molar-refractivity contribution < 1.29 is 27.1 Å². The lowest BCUT2D eigenvalue weighted by Gasteiger charge is -2.13. The second-order valence-electron chi connectivity index (χ2n) is 7.28. The number of amidine groups is 1. The van der Waals surface area contributed by atoms with Gasteiger partial charge in [0.1, 0.15) is 4.90 Å². The van der Waals surface area contributed by atoms with Crippen molar-refractivity contribution in [1.82, 2.24) is 5.32 Å². The summed E-state index contributed by atoms with van der Waals surface area (Å²) in [5.74, 6) is -0.441. The maximum absolute atomic E-state index is 12.8. The molecule has 1 aliphatic rings. The maximum atomic E-state index is 12.8. The Labute approximate surface area is 232 Å². The number of hydrogen-bond donors (Lipinski definition) is 1. The molecule has 0 aliphatic carbocycles. The van der Waals surface area contributed by atoms with Crippen LogP contribution in [0.5, 0.6) is 11.5 Å². The number of thioether (sulfide) groups is 1. The fourth-order valence-electron chi connectivity index (χ4n) is 3.08. The van der Waals surface area contributed by atoms with Gasteiger partial charge in [0.15, 0.2) is 16.7 Å². The molecule has 1 amide bonds. The first-order valence-electron chi connectivity index (χ1n) is 10.2. The predicted octanol–water partition coefficient (Wildman–Crippen LogP) is 5.79. The van der Waals surface area contributed by atoms with E-state index in [0.29, 0.717) is 21.3 Å². The van der Waals surface area contributed by atoms with Crippen LogP contribution in [0.3, 0.4) is 0 Å². The zero-order valence-electron chi connectivity index (χ0n) is 18.7. The highest BCUT2D eigenvalue weighted by atomic mass is 79.9. The summed E-state index contributed by atoms with van der Waals surface area (Å²) in [6.07, 6.45) is 1.59. The molecule has 10 nitrogen and oxygen atoms in total. The fraction of sp³-hybridized carbons (Fsp3) is 0.0435. The second kappa shape index (κ2) is 11.0. The predicted molar refractivity (Wildman–Crippen MR) is 147 cm³/mol.